The van der Waals surface area contributed by atoms with Crippen molar-refractivity contribution in [2.24, 2.45) is 5.92 Å². The summed E-state index contributed by atoms with van der Waals surface area (Å²) in [5.41, 5.74) is 2.62. The summed E-state index contributed by atoms with van der Waals surface area (Å²) >= 11 is 0. The lowest BCUT2D eigenvalue weighted by Gasteiger charge is -2.36. The highest BCUT2D eigenvalue weighted by Crippen LogP contribution is 2.32. The van der Waals surface area contributed by atoms with Gasteiger partial charge in [0.05, 0.1) is 7.11 Å². The molecule has 3 nitrogen and oxygen atoms in total. The Morgan fingerprint density at radius 1 is 1.35 bits per heavy atom. The molecule has 0 radical (unpaired) electrons. The molecule has 0 amide bonds. The summed E-state index contributed by atoms with van der Waals surface area (Å²) in [7, 11) is 3.81. The van der Waals surface area contributed by atoms with E-state index in [0.29, 0.717) is 6.04 Å². The van der Waals surface area contributed by atoms with Gasteiger partial charge in [-0.15, -0.1) is 0 Å². The number of methoxy groups -OCH3 is 1. The molecule has 1 aromatic rings. The molecule has 1 aromatic carbocycles. The maximum Gasteiger partial charge on any atom is 0.123 e. The van der Waals surface area contributed by atoms with Gasteiger partial charge < -0.3 is 10.1 Å². The summed E-state index contributed by atoms with van der Waals surface area (Å²) < 4.78 is 5.54. The first-order chi connectivity index (χ1) is 9.65. The van der Waals surface area contributed by atoms with Gasteiger partial charge in [-0.2, -0.15) is 0 Å². The Morgan fingerprint density at radius 2 is 2.05 bits per heavy atom. The highest BCUT2D eigenvalue weighted by Gasteiger charge is 2.24. The van der Waals surface area contributed by atoms with Gasteiger partial charge in [0, 0.05) is 11.6 Å². The summed E-state index contributed by atoms with van der Waals surface area (Å²) in [6.45, 7) is 7.97. The molecule has 20 heavy (non-hydrogen) atoms. The van der Waals surface area contributed by atoms with E-state index in [2.05, 4.69) is 42.3 Å². The van der Waals surface area contributed by atoms with Gasteiger partial charge in [-0.1, -0.05) is 17.7 Å². The molecule has 0 spiro atoms. The van der Waals surface area contributed by atoms with E-state index >= 15 is 0 Å². The number of rotatable bonds is 5. The Hall–Kier alpha value is -1.06. The molecular formula is C17H28N2O. The summed E-state index contributed by atoms with van der Waals surface area (Å²) in [6, 6.07) is 6.91. The molecule has 1 aliphatic heterocycles. The molecular weight excluding hydrogens is 248 g/mol. The van der Waals surface area contributed by atoms with Crippen LogP contribution in [0.5, 0.6) is 5.75 Å². The number of hydrogen-bond acceptors (Lipinski definition) is 3. The van der Waals surface area contributed by atoms with E-state index in [-0.39, 0.29) is 0 Å². The number of nitrogens with one attached hydrogen (secondary N) is 1. The number of nitrogens with zero attached hydrogens (tertiary/aromatic N) is 1. The molecule has 0 aromatic heterocycles. The number of hydrogen-bond donors (Lipinski definition) is 1. The van der Waals surface area contributed by atoms with Crippen molar-refractivity contribution in [3.05, 3.63) is 29.3 Å². The second kappa shape index (κ2) is 7.09. The zero-order valence-electron chi connectivity index (χ0n) is 13.3. The van der Waals surface area contributed by atoms with Crippen LogP contribution in [-0.2, 0) is 0 Å². The molecule has 1 fully saturated rings. The van der Waals surface area contributed by atoms with Crippen LogP contribution in [0.15, 0.2) is 18.2 Å². The van der Waals surface area contributed by atoms with E-state index in [4.69, 9.17) is 4.74 Å². The van der Waals surface area contributed by atoms with Crippen molar-refractivity contribution in [1.82, 2.24) is 10.2 Å². The van der Waals surface area contributed by atoms with Crippen molar-refractivity contribution in [3.63, 3.8) is 0 Å². The fraction of sp³-hybridized carbons (Fsp3) is 0.647. The molecule has 1 aliphatic rings. The maximum atomic E-state index is 5.54. The standard InChI is InChI=1S/C17H28N2O/c1-13-5-6-17(20-4)16(11-13)14(2)19-9-7-15(8-10-19)12-18-3/h5-6,11,14-15,18H,7-10,12H2,1-4H3. The third-order valence-corrected chi connectivity index (χ3v) is 4.52. The minimum Gasteiger partial charge on any atom is -0.496 e. The van der Waals surface area contributed by atoms with Gasteiger partial charge in [-0.05, 0) is 65.4 Å². The third kappa shape index (κ3) is 3.53. The lowest BCUT2D eigenvalue weighted by molar-refractivity contribution is 0.139. The molecule has 112 valence electrons. The second-order valence-electron chi connectivity index (χ2n) is 5.96. The minimum atomic E-state index is 0.431. The first-order valence-corrected chi connectivity index (χ1v) is 7.69. The SMILES string of the molecule is CNCC1CCN(C(C)c2cc(C)ccc2OC)CC1. The van der Waals surface area contributed by atoms with Crippen LogP contribution >= 0.6 is 0 Å². The molecule has 2 rings (SSSR count). The third-order valence-electron chi connectivity index (χ3n) is 4.52. The van der Waals surface area contributed by atoms with Crippen molar-refractivity contribution in [1.29, 1.82) is 0 Å². The van der Waals surface area contributed by atoms with Crippen LogP contribution < -0.4 is 10.1 Å². The van der Waals surface area contributed by atoms with Crippen molar-refractivity contribution >= 4 is 0 Å². The summed E-state index contributed by atoms with van der Waals surface area (Å²) in [4.78, 5) is 2.59. The molecule has 1 heterocycles. The smallest absolute Gasteiger partial charge is 0.123 e. The topological polar surface area (TPSA) is 24.5 Å². The first-order valence-electron chi connectivity index (χ1n) is 7.69. The Kier molecular flexibility index (Phi) is 5.44. The summed E-state index contributed by atoms with van der Waals surface area (Å²) in [5.74, 6) is 1.85. The lowest BCUT2D eigenvalue weighted by atomic mass is 9.94. The molecule has 1 N–H and O–H groups in total. The molecule has 0 saturated carbocycles. The molecule has 0 aliphatic carbocycles. The van der Waals surface area contributed by atoms with Crippen LogP contribution in [0.1, 0.15) is 36.9 Å². The Bertz CT molecular complexity index is 425. The average molecular weight is 276 g/mol. The van der Waals surface area contributed by atoms with Crippen LogP contribution in [0.25, 0.3) is 0 Å². The van der Waals surface area contributed by atoms with E-state index in [1.54, 1.807) is 7.11 Å². The van der Waals surface area contributed by atoms with Crippen LogP contribution in [-0.4, -0.2) is 38.7 Å². The van der Waals surface area contributed by atoms with Crippen LogP contribution in [0, 0.1) is 12.8 Å². The highest BCUT2D eigenvalue weighted by atomic mass is 16.5. The largest absolute Gasteiger partial charge is 0.496 e. The predicted octanol–water partition coefficient (Wildman–Crippen LogP) is 3.00. The first kappa shape index (κ1) is 15.3. The van der Waals surface area contributed by atoms with Crippen LogP contribution in [0.3, 0.4) is 0 Å². The van der Waals surface area contributed by atoms with Gasteiger partial charge >= 0.3 is 0 Å². The van der Waals surface area contributed by atoms with E-state index in [9.17, 15) is 0 Å². The lowest BCUT2D eigenvalue weighted by Crippen LogP contribution is -2.38. The van der Waals surface area contributed by atoms with E-state index < -0.39 is 0 Å². The maximum absolute atomic E-state index is 5.54. The van der Waals surface area contributed by atoms with Gasteiger partial charge in [0.1, 0.15) is 5.75 Å². The zero-order chi connectivity index (χ0) is 14.5. The number of ether oxygens (including phenoxy) is 1. The van der Waals surface area contributed by atoms with Crippen LogP contribution in [0.4, 0.5) is 0 Å². The Labute approximate surface area is 123 Å². The van der Waals surface area contributed by atoms with Crippen LogP contribution in [0.2, 0.25) is 0 Å². The quantitative estimate of drug-likeness (QED) is 0.895. The Morgan fingerprint density at radius 3 is 2.65 bits per heavy atom. The normalized spacial score (nSPS) is 19.0. The number of aryl methyl sites for hydroxylation is 1. The molecule has 1 unspecified atom stereocenters. The van der Waals surface area contributed by atoms with Gasteiger partial charge in [0.2, 0.25) is 0 Å². The van der Waals surface area contributed by atoms with Gasteiger partial charge in [0.25, 0.3) is 0 Å². The average Bonchev–Trinajstić information content (AvgIpc) is 2.47. The zero-order valence-corrected chi connectivity index (χ0v) is 13.3. The predicted molar refractivity (Wildman–Crippen MR) is 84.4 cm³/mol. The highest BCUT2D eigenvalue weighted by molar-refractivity contribution is 5.39. The van der Waals surface area contributed by atoms with Crippen molar-refractivity contribution in [2.75, 3.05) is 33.8 Å². The molecule has 1 atom stereocenters. The van der Waals surface area contributed by atoms with Crippen molar-refractivity contribution < 1.29 is 4.74 Å². The van der Waals surface area contributed by atoms with Gasteiger partial charge in [-0.3, -0.25) is 4.90 Å². The van der Waals surface area contributed by atoms with Crippen molar-refractivity contribution in [3.8, 4) is 5.75 Å². The van der Waals surface area contributed by atoms with Gasteiger partial charge in [-0.25, -0.2) is 0 Å². The number of piperidine rings is 1. The van der Waals surface area contributed by atoms with E-state index in [1.165, 1.54) is 37.1 Å². The fourth-order valence-electron chi connectivity index (χ4n) is 3.21. The van der Waals surface area contributed by atoms with E-state index in [0.717, 1.165) is 18.2 Å². The second-order valence-corrected chi connectivity index (χ2v) is 5.96. The molecule has 3 heteroatoms. The number of benzene rings is 1. The molecule has 1 saturated heterocycles. The van der Waals surface area contributed by atoms with E-state index in [1.807, 2.05) is 7.05 Å². The minimum absolute atomic E-state index is 0.431. The Balaban J connectivity index is 2.05. The summed E-state index contributed by atoms with van der Waals surface area (Å²) in [6.07, 6.45) is 2.58. The van der Waals surface area contributed by atoms with Crippen molar-refractivity contribution in [2.45, 2.75) is 32.7 Å². The monoisotopic (exact) mass is 276 g/mol. The summed E-state index contributed by atoms with van der Waals surface area (Å²) in [5, 5.41) is 3.30. The number of likely N-dealkylation sites (tertiary alicyclic amines) is 1. The van der Waals surface area contributed by atoms with Gasteiger partial charge in [0.15, 0.2) is 0 Å². The fourth-order valence-corrected chi connectivity index (χ4v) is 3.21. The molecule has 0 bridgehead atoms.